The Morgan fingerprint density at radius 2 is 2.00 bits per heavy atom. The van der Waals surface area contributed by atoms with Crippen LogP contribution in [0.3, 0.4) is 0 Å². The van der Waals surface area contributed by atoms with Crippen LogP contribution in [0.5, 0.6) is 0 Å². The van der Waals surface area contributed by atoms with E-state index in [1.165, 1.54) is 27.7 Å². The van der Waals surface area contributed by atoms with Crippen molar-refractivity contribution in [3.63, 3.8) is 0 Å². The Labute approximate surface area is 84.3 Å². The fourth-order valence-electron chi connectivity index (χ4n) is 2.09. The quantitative estimate of drug-likeness (QED) is 0.731. The summed E-state index contributed by atoms with van der Waals surface area (Å²) >= 11 is 0. The maximum Gasteiger partial charge on any atom is 0.0483 e. The summed E-state index contributed by atoms with van der Waals surface area (Å²) in [5.41, 5.74) is 10.8. The predicted molar refractivity (Wildman–Crippen MR) is 60.3 cm³/mol. The van der Waals surface area contributed by atoms with Crippen LogP contribution in [0.15, 0.2) is 18.2 Å². The van der Waals surface area contributed by atoms with Crippen molar-refractivity contribution in [2.45, 2.75) is 20.4 Å². The van der Waals surface area contributed by atoms with Gasteiger partial charge >= 0.3 is 0 Å². The van der Waals surface area contributed by atoms with Crippen molar-refractivity contribution in [1.29, 1.82) is 0 Å². The van der Waals surface area contributed by atoms with E-state index in [1.807, 2.05) is 0 Å². The second-order valence-corrected chi connectivity index (χ2v) is 3.86. The zero-order chi connectivity index (χ0) is 10.3. The summed E-state index contributed by atoms with van der Waals surface area (Å²) in [5, 5.41) is 1.33. The third-order valence-corrected chi connectivity index (χ3v) is 2.95. The smallest absolute Gasteiger partial charge is 0.0483 e. The molecule has 0 saturated carbocycles. The van der Waals surface area contributed by atoms with Crippen LogP contribution in [0.2, 0.25) is 0 Å². The van der Waals surface area contributed by atoms with Crippen LogP contribution in [-0.2, 0) is 13.6 Å². The van der Waals surface area contributed by atoms with Crippen molar-refractivity contribution < 1.29 is 0 Å². The first kappa shape index (κ1) is 9.28. The van der Waals surface area contributed by atoms with Crippen molar-refractivity contribution >= 4 is 10.9 Å². The number of fused-ring (bicyclic) bond motifs is 1. The Hall–Kier alpha value is -1.28. The van der Waals surface area contributed by atoms with E-state index in [0.717, 1.165) is 0 Å². The zero-order valence-corrected chi connectivity index (χ0v) is 8.96. The second-order valence-electron chi connectivity index (χ2n) is 3.86. The molecule has 0 radical (unpaired) electrons. The molecule has 0 aliphatic carbocycles. The fourth-order valence-corrected chi connectivity index (χ4v) is 2.09. The van der Waals surface area contributed by atoms with E-state index < -0.39 is 0 Å². The number of hydrogen-bond donors (Lipinski definition) is 1. The summed E-state index contributed by atoms with van der Waals surface area (Å²) in [4.78, 5) is 0. The van der Waals surface area contributed by atoms with Gasteiger partial charge in [0.2, 0.25) is 0 Å². The van der Waals surface area contributed by atoms with Gasteiger partial charge in [-0.2, -0.15) is 0 Å². The molecule has 2 nitrogen and oxygen atoms in total. The third-order valence-electron chi connectivity index (χ3n) is 2.95. The number of aromatic nitrogens is 1. The van der Waals surface area contributed by atoms with Gasteiger partial charge in [0.05, 0.1) is 0 Å². The zero-order valence-electron chi connectivity index (χ0n) is 8.96. The maximum absolute atomic E-state index is 5.73. The Kier molecular flexibility index (Phi) is 2.08. The standard InChI is InChI=1S/C12H16N2/c1-8-4-5-11-10(6-8)9(2)12(7-13)14(11)3/h4-6H,7,13H2,1-3H3. The Morgan fingerprint density at radius 1 is 1.29 bits per heavy atom. The van der Waals surface area contributed by atoms with Gasteiger partial charge in [0.1, 0.15) is 0 Å². The van der Waals surface area contributed by atoms with Gasteiger partial charge in [-0.25, -0.2) is 0 Å². The van der Waals surface area contributed by atoms with Crippen molar-refractivity contribution in [1.82, 2.24) is 4.57 Å². The third kappa shape index (κ3) is 1.15. The molecule has 0 unspecified atom stereocenters. The maximum atomic E-state index is 5.73. The highest BCUT2D eigenvalue weighted by molar-refractivity contribution is 5.85. The average molecular weight is 188 g/mol. The topological polar surface area (TPSA) is 30.9 Å². The average Bonchev–Trinajstić information content (AvgIpc) is 2.39. The summed E-state index contributed by atoms with van der Waals surface area (Å²) in [7, 11) is 2.08. The molecule has 2 heteroatoms. The minimum Gasteiger partial charge on any atom is -0.346 e. The van der Waals surface area contributed by atoms with Gasteiger partial charge in [0.15, 0.2) is 0 Å². The van der Waals surface area contributed by atoms with Crippen LogP contribution in [0.25, 0.3) is 10.9 Å². The van der Waals surface area contributed by atoms with E-state index in [-0.39, 0.29) is 0 Å². The molecule has 2 N–H and O–H groups in total. The second kappa shape index (κ2) is 3.14. The van der Waals surface area contributed by atoms with Gasteiger partial charge in [0, 0.05) is 30.2 Å². The lowest BCUT2D eigenvalue weighted by molar-refractivity contribution is 0.841. The summed E-state index contributed by atoms with van der Waals surface area (Å²) in [5.74, 6) is 0. The highest BCUT2D eigenvalue weighted by atomic mass is 15.0. The molecule has 0 amide bonds. The molecule has 1 aromatic carbocycles. The first-order valence-electron chi connectivity index (χ1n) is 4.89. The van der Waals surface area contributed by atoms with E-state index in [0.29, 0.717) is 6.54 Å². The lowest BCUT2D eigenvalue weighted by Crippen LogP contribution is -2.04. The van der Waals surface area contributed by atoms with E-state index >= 15 is 0 Å². The Bertz CT molecular complexity index is 481. The SMILES string of the molecule is Cc1ccc2c(c1)c(C)c(CN)n2C. The largest absolute Gasteiger partial charge is 0.346 e. The lowest BCUT2D eigenvalue weighted by Gasteiger charge is -2.01. The van der Waals surface area contributed by atoms with Crippen LogP contribution in [0.4, 0.5) is 0 Å². The van der Waals surface area contributed by atoms with Crippen molar-refractivity contribution in [3.05, 3.63) is 35.0 Å². The van der Waals surface area contributed by atoms with E-state index in [9.17, 15) is 0 Å². The molecule has 0 aliphatic rings. The van der Waals surface area contributed by atoms with Crippen LogP contribution < -0.4 is 5.73 Å². The molecule has 1 heterocycles. The summed E-state index contributed by atoms with van der Waals surface area (Å²) in [6.45, 7) is 4.87. The minimum absolute atomic E-state index is 0.607. The number of benzene rings is 1. The molecule has 0 fully saturated rings. The van der Waals surface area contributed by atoms with Gasteiger partial charge in [-0.05, 0) is 31.5 Å². The van der Waals surface area contributed by atoms with Gasteiger partial charge in [-0.3, -0.25) is 0 Å². The molecule has 2 aromatic rings. The van der Waals surface area contributed by atoms with Gasteiger partial charge in [-0.1, -0.05) is 11.6 Å². The van der Waals surface area contributed by atoms with Crippen LogP contribution in [-0.4, -0.2) is 4.57 Å². The van der Waals surface area contributed by atoms with Crippen molar-refractivity contribution in [2.75, 3.05) is 0 Å². The molecule has 1 aromatic heterocycles. The fraction of sp³-hybridized carbons (Fsp3) is 0.333. The Morgan fingerprint density at radius 3 is 2.64 bits per heavy atom. The first-order valence-corrected chi connectivity index (χ1v) is 4.89. The highest BCUT2D eigenvalue weighted by Gasteiger charge is 2.09. The van der Waals surface area contributed by atoms with Crippen LogP contribution in [0, 0.1) is 13.8 Å². The van der Waals surface area contributed by atoms with Crippen molar-refractivity contribution in [2.24, 2.45) is 12.8 Å². The van der Waals surface area contributed by atoms with Crippen LogP contribution in [0.1, 0.15) is 16.8 Å². The number of rotatable bonds is 1. The molecular formula is C12H16N2. The predicted octanol–water partition coefficient (Wildman–Crippen LogP) is 2.25. The van der Waals surface area contributed by atoms with Crippen molar-refractivity contribution in [3.8, 4) is 0 Å². The van der Waals surface area contributed by atoms with E-state index in [4.69, 9.17) is 5.73 Å². The lowest BCUT2D eigenvalue weighted by atomic mass is 10.1. The molecular weight excluding hydrogens is 172 g/mol. The molecule has 0 bridgehead atoms. The highest BCUT2D eigenvalue weighted by Crippen LogP contribution is 2.25. The van der Waals surface area contributed by atoms with Gasteiger partial charge in [-0.15, -0.1) is 0 Å². The van der Waals surface area contributed by atoms with E-state index in [1.54, 1.807) is 0 Å². The molecule has 0 atom stereocenters. The summed E-state index contributed by atoms with van der Waals surface area (Å²) in [6.07, 6.45) is 0. The number of nitrogens with zero attached hydrogens (tertiary/aromatic N) is 1. The minimum atomic E-state index is 0.607. The molecule has 0 saturated heterocycles. The monoisotopic (exact) mass is 188 g/mol. The van der Waals surface area contributed by atoms with E-state index in [2.05, 4.69) is 43.7 Å². The molecule has 0 spiro atoms. The molecule has 2 rings (SSSR count). The molecule has 14 heavy (non-hydrogen) atoms. The normalized spacial score (nSPS) is 11.1. The number of aryl methyl sites for hydroxylation is 3. The summed E-state index contributed by atoms with van der Waals surface area (Å²) in [6, 6.07) is 6.53. The van der Waals surface area contributed by atoms with Gasteiger partial charge in [0.25, 0.3) is 0 Å². The van der Waals surface area contributed by atoms with Crippen LogP contribution >= 0.6 is 0 Å². The number of hydrogen-bond acceptors (Lipinski definition) is 1. The molecule has 74 valence electrons. The first-order chi connectivity index (χ1) is 6.65. The number of nitrogens with two attached hydrogens (primary N) is 1. The van der Waals surface area contributed by atoms with Gasteiger partial charge < -0.3 is 10.3 Å². The molecule has 0 aliphatic heterocycles. The summed E-state index contributed by atoms with van der Waals surface area (Å²) < 4.78 is 2.18. The Balaban J connectivity index is 2.87.